The maximum absolute atomic E-state index is 13.4. The summed E-state index contributed by atoms with van der Waals surface area (Å²) >= 11 is 0. The minimum absolute atomic E-state index is 0.128. The highest BCUT2D eigenvalue weighted by Crippen LogP contribution is 2.26. The standard InChI is InChI=1S/C67H125NO10/c1-4-7-10-13-16-19-22-25-26-27-28-29-30-31-32-33-34-37-40-43-46-49-52-55-62(72)78-65-64(74)63(73)61(56-69)77-67(65)76-57-58(59(70)53-50-47-44-41-38-35-23-20-17-14-11-8-5-2)68-66(75)60(71)54-51-48-45-42-39-36-24-21-18-15-12-9-6-3/h9,12,18,21,50,53,58-61,63-65,67,69-71,73-74H,4-8,10-11,13-17,19-20,22-49,51-52,54-57H2,1-3H3,(H,68,75)/b12-9+,21-18+,53-50+. The van der Waals surface area contributed by atoms with Gasteiger partial charge in [0.1, 0.15) is 24.4 Å². The number of rotatable bonds is 57. The Bertz CT molecular complexity index is 1410. The van der Waals surface area contributed by atoms with Crippen LogP contribution in [0, 0.1) is 0 Å². The molecule has 78 heavy (non-hydrogen) atoms. The zero-order valence-corrected chi connectivity index (χ0v) is 50.8. The fourth-order valence-corrected chi connectivity index (χ4v) is 10.6. The molecule has 0 radical (unpaired) electrons. The SMILES string of the molecule is CC/C=C/C/C=C/CCCCCCCCC(O)C(=O)NC(COC1OC(CO)C(O)C(O)C1OC(=O)CCCCCCCCCCCCCCCCCCCCCCCCC)C(O)/C=C/CCCCCCCCCCCCC. The van der Waals surface area contributed by atoms with Crippen molar-refractivity contribution in [3.05, 3.63) is 36.5 Å². The van der Waals surface area contributed by atoms with Crippen molar-refractivity contribution in [2.24, 2.45) is 0 Å². The van der Waals surface area contributed by atoms with Crippen LogP contribution in [0.5, 0.6) is 0 Å². The van der Waals surface area contributed by atoms with E-state index in [4.69, 9.17) is 14.2 Å². The average molecular weight is 1100 g/mol. The first-order valence-corrected chi connectivity index (χ1v) is 33.3. The second-order valence-electron chi connectivity index (χ2n) is 23.2. The quantitative estimate of drug-likeness (QED) is 0.0195. The molecule has 0 aromatic carbocycles. The molecule has 1 fully saturated rings. The van der Waals surface area contributed by atoms with E-state index in [1.165, 1.54) is 180 Å². The van der Waals surface area contributed by atoms with Crippen molar-refractivity contribution >= 4 is 11.9 Å². The Morgan fingerprint density at radius 1 is 0.513 bits per heavy atom. The van der Waals surface area contributed by atoms with E-state index in [1.807, 2.05) is 6.08 Å². The van der Waals surface area contributed by atoms with Crippen LogP contribution in [0.15, 0.2) is 36.5 Å². The van der Waals surface area contributed by atoms with Crippen LogP contribution < -0.4 is 5.32 Å². The lowest BCUT2D eigenvalue weighted by Crippen LogP contribution is -2.61. The minimum atomic E-state index is -1.61. The maximum Gasteiger partial charge on any atom is 0.306 e. The Balaban J connectivity index is 2.59. The minimum Gasteiger partial charge on any atom is -0.454 e. The molecular formula is C67H125NO10. The molecule has 0 aromatic rings. The molecule has 11 nitrogen and oxygen atoms in total. The molecule has 1 saturated heterocycles. The van der Waals surface area contributed by atoms with E-state index >= 15 is 0 Å². The third-order valence-electron chi connectivity index (χ3n) is 15.8. The van der Waals surface area contributed by atoms with Gasteiger partial charge in [0.2, 0.25) is 5.91 Å². The molecule has 11 heteroatoms. The van der Waals surface area contributed by atoms with Crippen LogP contribution in [0.1, 0.15) is 316 Å². The summed E-state index contributed by atoms with van der Waals surface area (Å²) in [6.07, 6.45) is 56.2. The lowest BCUT2D eigenvalue weighted by atomic mass is 9.99. The van der Waals surface area contributed by atoms with Crippen molar-refractivity contribution in [1.29, 1.82) is 0 Å². The van der Waals surface area contributed by atoms with Gasteiger partial charge in [0.25, 0.3) is 0 Å². The molecule has 0 aromatic heterocycles. The number of nitrogens with one attached hydrogen (secondary N) is 1. The van der Waals surface area contributed by atoms with Crippen LogP contribution in [-0.2, 0) is 23.8 Å². The van der Waals surface area contributed by atoms with Gasteiger partial charge < -0.3 is 45.1 Å². The number of amides is 1. The summed E-state index contributed by atoms with van der Waals surface area (Å²) in [4.78, 5) is 26.6. The third-order valence-corrected chi connectivity index (χ3v) is 15.8. The van der Waals surface area contributed by atoms with Gasteiger partial charge in [-0.2, -0.15) is 0 Å². The van der Waals surface area contributed by atoms with Crippen LogP contribution in [0.3, 0.4) is 0 Å². The Kier molecular flexibility index (Phi) is 52.5. The lowest BCUT2D eigenvalue weighted by Gasteiger charge is -2.41. The average Bonchev–Trinajstić information content (AvgIpc) is 3.44. The van der Waals surface area contributed by atoms with Gasteiger partial charge >= 0.3 is 5.97 Å². The Hall–Kier alpha value is -2.12. The first-order valence-electron chi connectivity index (χ1n) is 33.3. The number of ether oxygens (including phenoxy) is 3. The summed E-state index contributed by atoms with van der Waals surface area (Å²) in [6, 6.07) is -1.03. The number of carbonyl (C=O) groups excluding carboxylic acids is 2. The highest BCUT2D eigenvalue weighted by atomic mass is 16.7. The number of esters is 1. The Morgan fingerprint density at radius 2 is 0.923 bits per heavy atom. The molecule has 0 aliphatic carbocycles. The molecule has 1 amide bonds. The molecule has 1 rings (SSSR count). The number of carbonyl (C=O) groups is 2. The van der Waals surface area contributed by atoms with Crippen LogP contribution in [0.2, 0.25) is 0 Å². The summed E-state index contributed by atoms with van der Waals surface area (Å²) in [5, 5.41) is 57.0. The van der Waals surface area contributed by atoms with E-state index in [-0.39, 0.29) is 19.4 Å². The molecule has 8 unspecified atom stereocenters. The number of unbranched alkanes of at least 4 members (excludes halogenated alkanes) is 39. The monoisotopic (exact) mass is 1100 g/mol. The van der Waals surface area contributed by atoms with Crippen molar-refractivity contribution in [3.63, 3.8) is 0 Å². The largest absolute Gasteiger partial charge is 0.454 e. The van der Waals surface area contributed by atoms with E-state index in [1.54, 1.807) is 6.08 Å². The zero-order chi connectivity index (χ0) is 56.8. The van der Waals surface area contributed by atoms with E-state index in [2.05, 4.69) is 50.4 Å². The molecule has 0 spiro atoms. The van der Waals surface area contributed by atoms with Gasteiger partial charge in [-0.05, 0) is 51.4 Å². The summed E-state index contributed by atoms with van der Waals surface area (Å²) in [5.74, 6) is -1.19. The molecule has 0 bridgehead atoms. The molecule has 6 N–H and O–H groups in total. The van der Waals surface area contributed by atoms with Gasteiger partial charge in [-0.1, -0.05) is 295 Å². The van der Waals surface area contributed by atoms with E-state index in [0.717, 1.165) is 89.9 Å². The highest BCUT2D eigenvalue weighted by molar-refractivity contribution is 5.80. The Labute approximate surface area is 479 Å². The molecule has 1 aliphatic rings. The molecule has 0 saturated carbocycles. The predicted octanol–water partition coefficient (Wildman–Crippen LogP) is 16.2. The first-order chi connectivity index (χ1) is 38.2. The van der Waals surface area contributed by atoms with Crippen molar-refractivity contribution in [2.75, 3.05) is 13.2 Å². The van der Waals surface area contributed by atoms with Gasteiger partial charge in [-0.3, -0.25) is 9.59 Å². The Morgan fingerprint density at radius 3 is 1.37 bits per heavy atom. The van der Waals surface area contributed by atoms with Crippen LogP contribution >= 0.6 is 0 Å². The van der Waals surface area contributed by atoms with E-state index in [9.17, 15) is 35.1 Å². The molecular weight excluding hydrogens is 979 g/mol. The van der Waals surface area contributed by atoms with Gasteiger partial charge in [-0.15, -0.1) is 0 Å². The van der Waals surface area contributed by atoms with Gasteiger partial charge in [0, 0.05) is 6.42 Å². The topological polar surface area (TPSA) is 175 Å². The zero-order valence-electron chi connectivity index (χ0n) is 50.8. The van der Waals surface area contributed by atoms with Crippen LogP contribution in [0.4, 0.5) is 0 Å². The van der Waals surface area contributed by atoms with E-state index < -0.39 is 67.4 Å². The number of allylic oxidation sites excluding steroid dienone is 5. The summed E-state index contributed by atoms with van der Waals surface area (Å²) in [6.45, 7) is 5.71. The number of hydrogen-bond acceptors (Lipinski definition) is 10. The highest BCUT2D eigenvalue weighted by Gasteiger charge is 2.47. The van der Waals surface area contributed by atoms with Crippen molar-refractivity contribution in [1.82, 2.24) is 5.32 Å². The molecule has 458 valence electrons. The van der Waals surface area contributed by atoms with Gasteiger partial charge in [0.15, 0.2) is 12.4 Å². The molecule has 8 atom stereocenters. The number of hydrogen-bond donors (Lipinski definition) is 6. The van der Waals surface area contributed by atoms with Crippen LogP contribution in [0.25, 0.3) is 0 Å². The normalized spacial score (nSPS) is 19.1. The number of aliphatic hydroxyl groups excluding tert-OH is 5. The third kappa shape index (κ3) is 42.7. The van der Waals surface area contributed by atoms with Crippen molar-refractivity contribution in [2.45, 2.75) is 365 Å². The predicted molar refractivity (Wildman–Crippen MR) is 324 cm³/mol. The van der Waals surface area contributed by atoms with Gasteiger partial charge in [-0.25, -0.2) is 0 Å². The smallest absolute Gasteiger partial charge is 0.306 e. The maximum atomic E-state index is 13.4. The van der Waals surface area contributed by atoms with Crippen LogP contribution in [-0.4, -0.2) is 99.6 Å². The summed E-state index contributed by atoms with van der Waals surface area (Å²) in [7, 11) is 0. The lowest BCUT2D eigenvalue weighted by molar-refractivity contribution is -0.305. The van der Waals surface area contributed by atoms with Gasteiger partial charge in [0.05, 0.1) is 25.4 Å². The second-order valence-corrected chi connectivity index (χ2v) is 23.2. The van der Waals surface area contributed by atoms with E-state index in [0.29, 0.717) is 12.8 Å². The first kappa shape index (κ1) is 73.9. The van der Waals surface area contributed by atoms with Crippen molar-refractivity contribution in [3.8, 4) is 0 Å². The molecule has 1 aliphatic heterocycles. The fourth-order valence-electron chi connectivity index (χ4n) is 10.6. The summed E-state index contributed by atoms with van der Waals surface area (Å²) in [5.41, 5.74) is 0. The number of aliphatic hydroxyl groups is 5. The van der Waals surface area contributed by atoms with Crippen molar-refractivity contribution < 1.29 is 49.3 Å². The second kappa shape index (κ2) is 55.4. The molecule has 1 heterocycles. The summed E-state index contributed by atoms with van der Waals surface area (Å²) < 4.78 is 17.7. The fraction of sp³-hybridized carbons (Fsp3) is 0.881.